The molecule has 0 saturated heterocycles. The van der Waals surface area contributed by atoms with Gasteiger partial charge in [0, 0.05) is 19.7 Å². The van der Waals surface area contributed by atoms with E-state index in [1.165, 1.54) is 0 Å². The van der Waals surface area contributed by atoms with E-state index in [9.17, 15) is 4.79 Å². The second kappa shape index (κ2) is 4.75. The third-order valence-electron chi connectivity index (χ3n) is 2.94. The predicted molar refractivity (Wildman–Crippen MR) is 54.9 cm³/mol. The van der Waals surface area contributed by atoms with E-state index >= 15 is 0 Å². The topological polar surface area (TPSA) is 64.3 Å². The molecule has 3 N–H and O–H groups in total. The van der Waals surface area contributed by atoms with Gasteiger partial charge in [0.25, 0.3) is 0 Å². The molecule has 4 nitrogen and oxygen atoms in total. The second-order valence-corrected chi connectivity index (χ2v) is 4.12. The van der Waals surface area contributed by atoms with Crippen LogP contribution in [-0.2, 0) is 9.53 Å². The summed E-state index contributed by atoms with van der Waals surface area (Å²) < 4.78 is 5.37. The van der Waals surface area contributed by atoms with Crippen molar-refractivity contribution in [2.24, 2.45) is 5.73 Å². The van der Waals surface area contributed by atoms with E-state index in [1.807, 2.05) is 6.92 Å². The normalized spacial score (nSPS) is 21.1. The van der Waals surface area contributed by atoms with Crippen LogP contribution in [0.5, 0.6) is 0 Å². The highest BCUT2D eigenvalue weighted by Crippen LogP contribution is 2.37. The van der Waals surface area contributed by atoms with E-state index in [0.717, 1.165) is 19.3 Å². The number of carbonyl (C=O) groups excluding carboxylic acids is 1. The lowest BCUT2D eigenvalue weighted by Gasteiger charge is -2.40. The van der Waals surface area contributed by atoms with Crippen LogP contribution in [-0.4, -0.2) is 31.2 Å². The zero-order valence-electron chi connectivity index (χ0n) is 9.01. The molecular formula is C10H20N2O2. The molecule has 4 heteroatoms. The summed E-state index contributed by atoms with van der Waals surface area (Å²) in [5.41, 5.74) is 5.23. The number of methoxy groups -OCH3 is 1. The van der Waals surface area contributed by atoms with Gasteiger partial charge < -0.3 is 15.8 Å². The number of hydrogen-bond donors (Lipinski definition) is 2. The molecule has 0 unspecified atom stereocenters. The lowest BCUT2D eigenvalue weighted by Crippen LogP contribution is -2.46. The minimum absolute atomic E-state index is 0.0458. The SMILES string of the molecule is COC1(CC(=O)N[C@H](C)CN)CCC1. The minimum atomic E-state index is -0.182. The van der Waals surface area contributed by atoms with Gasteiger partial charge in [-0.1, -0.05) is 0 Å². The van der Waals surface area contributed by atoms with Gasteiger partial charge in [-0.15, -0.1) is 0 Å². The largest absolute Gasteiger partial charge is 0.378 e. The Morgan fingerprint density at radius 2 is 2.29 bits per heavy atom. The Morgan fingerprint density at radius 1 is 1.64 bits per heavy atom. The van der Waals surface area contributed by atoms with Crippen LogP contribution in [0.4, 0.5) is 0 Å². The Bertz CT molecular complexity index is 197. The van der Waals surface area contributed by atoms with Crippen molar-refractivity contribution in [3.8, 4) is 0 Å². The standard InChI is InChI=1S/C10H20N2O2/c1-8(7-11)12-9(13)6-10(14-2)4-3-5-10/h8H,3-7,11H2,1-2H3,(H,12,13)/t8-/m1/s1. The maximum atomic E-state index is 11.5. The van der Waals surface area contributed by atoms with E-state index in [-0.39, 0.29) is 17.6 Å². The number of nitrogens with one attached hydrogen (secondary N) is 1. The van der Waals surface area contributed by atoms with Crippen LogP contribution in [0, 0.1) is 0 Å². The summed E-state index contributed by atoms with van der Waals surface area (Å²) in [6.45, 7) is 2.38. The van der Waals surface area contributed by atoms with Crippen molar-refractivity contribution in [2.45, 2.75) is 44.2 Å². The van der Waals surface area contributed by atoms with Crippen LogP contribution in [0.2, 0.25) is 0 Å². The molecule has 0 aromatic rings. The summed E-state index contributed by atoms with van der Waals surface area (Å²) in [7, 11) is 1.68. The van der Waals surface area contributed by atoms with Crippen LogP contribution in [0.15, 0.2) is 0 Å². The maximum Gasteiger partial charge on any atom is 0.223 e. The van der Waals surface area contributed by atoms with Gasteiger partial charge in [0.15, 0.2) is 0 Å². The summed E-state index contributed by atoms with van der Waals surface area (Å²) in [5.74, 6) is 0.0458. The van der Waals surface area contributed by atoms with Gasteiger partial charge in [0.1, 0.15) is 0 Å². The highest BCUT2D eigenvalue weighted by molar-refractivity contribution is 5.77. The molecule has 1 fully saturated rings. The molecule has 14 heavy (non-hydrogen) atoms. The first-order valence-corrected chi connectivity index (χ1v) is 5.16. The first kappa shape index (κ1) is 11.5. The number of rotatable bonds is 5. The van der Waals surface area contributed by atoms with Crippen molar-refractivity contribution in [2.75, 3.05) is 13.7 Å². The molecule has 0 bridgehead atoms. The fourth-order valence-corrected chi connectivity index (χ4v) is 1.70. The van der Waals surface area contributed by atoms with E-state index < -0.39 is 0 Å². The third kappa shape index (κ3) is 2.69. The monoisotopic (exact) mass is 200 g/mol. The second-order valence-electron chi connectivity index (χ2n) is 4.12. The lowest BCUT2D eigenvalue weighted by atomic mass is 9.77. The average molecular weight is 200 g/mol. The predicted octanol–water partition coefficient (Wildman–Crippen LogP) is 0.409. The summed E-state index contributed by atoms with van der Waals surface area (Å²) in [4.78, 5) is 11.5. The summed E-state index contributed by atoms with van der Waals surface area (Å²) >= 11 is 0. The Morgan fingerprint density at radius 3 is 2.64 bits per heavy atom. The zero-order valence-corrected chi connectivity index (χ0v) is 9.01. The fraction of sp³-hybridized carbons (Fsp3) is 0.900. The Balaban J connectivity index is 2.32. The molecule has 0 heterocycles. The van der Waals surface area contributed by atoms with Crippen LogP contribution in [0.3, 0.4) is 0 Å². The molecule has 82 valence electrons. The van der Waals surface area contributed by atoms with Crippen molar-refractivity contribution in [3.63, 3.8) is 0 Å². The van der Waals surface area contributed by atoms with Gasteiger partial charge in [0.05, 0.1) is 12.0 Å². The highest BCUT2D eigenvalue weighted by atomic mass is 16.5. The van der Waals surface area contributed by atoms with Crippen LogP contribution < -0.4 is 11.1 Å². The Kier molecular flexibility index (Phi) is 3.89. The highest BCUT2D eigenvalue weighted by Gasteiger charge is 2.38. The minimum Gasteiger partial charge on any atom is -0.378 e. The number of nitrogens with two attached hydrogens (primary N) is 1. The molecule has 1 rings (SSSR count). The van der Waals surface area contributed by atoms with Crippen molar-refractivity contribution < 1.29 is 9.53 Å². The van der Waals surface area contributed by atoms with Gasteiger partial charge in [-0.2, -0.15) is 0 Å². The molecule has 0 aromatic heterocycles. The molecule has 1 amide bonds. The quantitative estimate of drug-likeness (QED) is 0.675. The molecule has 1 aliphatic carbocycles. The van der Waals surface area contributed by atoms with Crippen molar-refractivity contribution in [1.29, 1.82) is 0 Å². The molecule has 0 spiro atoms. The Labute approximate surface area is 85.2 Å². The van der Waals surface area contributed by atoms with E-state index in [1.54, 1.807) is 7.11 Å². The number of amides is 1. The first-order valence-electron chi connectivity index (χ1n) is 5.16. The lowest BCUT2D eigenvalue weighted by molar-refractivity contribution is -0.134. The molecule has 1 atom stereocenters. The van der Waals surface area contributed by atoms with Crippen molar-refractivity contribution in [1.82, 2.24) is 5.32 Å². The van der Waals surface area contributed by atoms with Crippen LogP contribution in [0.25, 0.3) is 0 Å². The summed E-state index contributed by atoms with van der Waals surface area (Å²) in [6, 6.07) is 0.0523. The number of hydrogen-bond acceptors (Lipinski definition) is 3. The molecule has 0 aliphatic heterocycles. The van der Waals surface area contributed by atoms with Gasteiger partial charge in [-0.05, 0) is 26.2 Å². The molecule has 1 saturated carbocycles. The van der Waals surface area contributed by atoms with Gasteiger partial charge >= 0.3 is 0 Å². The molecule has 0 aromatic carbocycles. The number of carbonyl (C=O) groups is 1. The van der Waals surface area contributed by atoms with Crippen LogP contribution in [0.1, 0.15) is 32.6 Å². The zero-order chi connectivity index (χ0) is 10.6. The summed E-state index contributed by atoms with van der Waals surface area (Å²) in [6.07, 6.45) is 3.61. The van der Waals surface area contributed by atoms with Crippen molar-refractivity contribution in [3.05, 3.63) is 0 Å². The summed E-state index contributed by atoms with van der Waals surface area (Å²) in [5, 5.41) is 2.84. The first-order chi connectivity index (χ1) is 6.62. The Hall–Kier alpha value is -0.610. The van der Waals surface area contributed by atoms with E-state index in [0.29, 0.717) is 13.0 Å². The average Bonchev–Trinajstić information content (AvgIpc) is 2.11. The smallest absolute Gasteiger partial charge is 0.223 e. The van der Waals surface area contributed by atoms with E-state index in [4.69, 9.17) is 10.5 Å². The van der Waals surface area contributed by atoms with Crippen LogP contribution >= 0.6 is 0 Å². The molecule has 1 aliphatic rings. The van der Waals surface area contributed by atoms with Crippen molar-refractivity contribution >= 4 is 5.91 Å². The third-order valence-corrected chi connectivity index (χ3v) is 2.94. The van der Waals surface area contributed by atoms with Gasteiger partial charge in [0.2, 0.25) is 5.91 Å². The van der Waals surface area contributed by atoms with Gasteiger partial charge in [-0.3, -0.25) is 4.79 Å². The number of ether oxygens (including phenoxy) is 1. The molecule has 0 radical (unpaired) electrons. The maximum absolute atomic E-state index is 11.5. The fourth-order valence-electron chi connectivity index (χ4n) is 1.70. The van der Waals surface area contributed by atoms with Gasteiger partial charge in [-0.25, -0.2) is 0 Å². The van der Waals surface area contributed by atoms with E-state index in [2.05, 4.69) is 5.32 Å². The molecular weight excluding hydrogens is 180 g/mol.